The summed E-state index contributed by atoms with van der Waals surface area (Å²) in [4.78, 5) is 0. The van der Waals surface area contributed by atoms with Crippen LogP contribution in [0.2, 0.25) is 0 Å². The summed E-state index contributed by atoms with van der Waals surface area (Å²) in [5, 5.41) is 14.6. The van der Waals surface area contributed by atoms with Crippen LogP contribution in [0.3, 0.4) is 0 Å². The normalized spacial score (nSPS) is 13.7. The highest BCUT2D eigenvalue weighted by atomic mass is 19.1. The van der Waals surface area contributed by atoms with E-state index < -0.39 is 0 Å². The average Bonchev–Trinajstić information content (AvgIpc) is 3.12. The van der Waals surface area contributed by atoms with E-state index in [0.717, 1.165) is 16.8 Å². The van der Waals surface area contributed by atoms with Gasteiger partial charge >= 0.3 is 0 Å². The minimum atomic E-state index is -0.167. The van der Waals surface area contributed by atoms with Gasteiger partial charge in [0, 0.05) is 12.1 Å². The minimum Gasteiger partial charge on any atom is -0.304 e. The molecule has 0 amide bonds. The zero-order chi connectivity index (χ0) is 17.1. The fraction of sp³-hybridized carbons (Fsp3) is 0.278. The van der Waals surface area contributed by atoms with Gasteiger partial charge in [-0.15, -0.1) is 5.10 Å². The fourth-order valence-electron chi connectivity index (χ4n) is 2.64. The number of halogens is 1. The van der Waals surface area contributed by atoms with Crippen molar-refractivity contribution in [3.63, 3.8) is 0 Å². The van der Waals surface area contributed by atoms with Crippen LogP contribution in [-0.2, 0) is 0 Å². The number of hydrogen-bond acceptors (Lipinski definition) is 4. The maximum atomic E-state index is 13.7. The van der Waals surface area contributed by atoms with Gasteiger partial charge in [-0.3, -0.25) is 0 Å². The SMILES string of the molecule is Cc1ccc([C@H](C)N[C@H](C)c2ccc(-n3cnnn3)cc2)cc1F. The molecule has 1 N–H and O–H groups in total. The number of aryl methyl sites for hydroxylation is 1. The Hall–Kier alpha value is -2.60. The standard InChI is InChI=1S/C18H20FN5/c1-12-4-5-16(10-18(12)19)14(3)21-13(2)15-6-8-17(9-7-15)24-11-20-22-23-24/h4-11,13-14,21H,1-3H3/t13-,14+/m1/s1. The molecule has 0 saturated carbocycles. The van der Waals surface area contributed by atoms with Gasteiger partial charge in [0.15, 0.2) is 0 Å². The third-order valence-electron chi connectivity index (χ3n) is 4.20. The van der Waals surface area contributed by atoms with Gasteiger partial charge in [0.05, 0.1) is 5.69 Å². The quantitative estimate of drug-likeness (QED) is 0.780. The summed E-state index contributed by atoms with van der Waals surface area (Å²) < 4.78 is 15.3. The van der Waals surface area contributed by atoms with Crippen LogP contribution in [0, 0.1) is 12.7 Å². The van der Waals surface area contributed by atoms with Gasteiger partial charge in [-0.2, -0.15) is 0 Å². The molecule has 0 bridgehead atoms. The Bertz CT molecular complexity index is 799. The molecule has 0 spiro atoms. The van der Waals surface area contributed by atoms with E-state index in [0.29, 0.717) is 5.56 Å². The molecule has 2 aromatic carbocycles. The molecule has 0 aliphatic heterocycles. The highest BCUT2D eigenvalue weighted by Crippen LogP contribution is 2.21. The van der Waals surface area contributed by atoms with Crippen LogP contribution in [0.25, 0.3) is 5.69 Å². The molecule has 24 heavy (non-hydrogen) atoms. The first-order chi connectivity index (χ1) is 11.5. The number of nitrogens with one attached hydrogen (secondary N) is 1. The van der Waals surface area contributed by atoms with E-state index in [1.165, 1.54) is 0 Å². The highest BCUT2D eigenvalue weighted by Gasteiger charge is 2.12. The van der Waals surface area contributed by atoms with E-state index in [2.05, 4.69) is 27.8 Å². The fourth-order valence-corrected chi connectivity index (χ4v) is 2.64. The summed E-state index contributed by atoms with van der Waals surface area (Å²) in [5.74, 6) is -0.167. The van der Waals surface area contributed by atoms with Crippen molar-refractivity contribution >= 4 is 0 Å². The summed E-state index contributed by atoms with van der Waals surface area (Å²) >= 11 is 0. The summed E-state index contributed by atoms with van der Waals surface area (Å²) in [6, 6.07) is 13.6. The molecule has 0 aliphatic carbocycles. The van der Waals surface area contributed by atoms with Gasteiger partial charge in [0.2, 0.25) is 0 Å². The van der Waals surface area contributed by atoms with Crippen molar-refractivity contribution in [1.82, 2.24) is 25.5 Å². The molecule has 1 aromatic heterocycles. The molecule has 124 valence electrons. The van der Waals surface area contributed by atoms with Crippen molar-refractivity contribution in [2.24, 2.45) is 0 Å². The van der Waals surface area contributed by atoms with Crippen LogP contribution in [0.4, 0.5) is 4.39 Å². The molecular weight excluding hydrogens is 305 g/mol. The summed E-state index contributed by atoms with van der Waals surface area (Å²) in [5.41, 5.74) is 3.66. The van der Waals surface area contributed by atoms with Crippen LogP contribution in [0.1, 0.15) is 42.6 Å². The lowest BCUT2D eigenvalue weighted by Gasteiger charge is -2.21. The van der Waals surface area contributed by atoms with Crippen LogP contribution >= 0.6 is 0 Å². The second-order valence-corrected chi connectivity index (χ2v) is 5.96. The van der Waals surface area contributed by atoms with Crippen molar-refractivity contribution < 1.29 is 4.39 Å². The summed E-state index contributed by atoms with van der Waals surface area (Å²) in [6.07, 6.45) is 1.56. The van der Waals surface area contributed by atoms with Crippen LogP contribution < -0.4 is 5.32 Å². The van der Waals surface area contributed by atoms with Crippen LogP contribution in [0.15, 0.2) is 48.8 Å². The van der Waals surface area contributed by atoms with Crippen molar-refractivity contribution in [1.29, 1.82) is 0 Å². The van der Waals surface area contributed by atoms with Crippen LogP contribution in [-0.4, -0.2) is 20.2 Å². The molecule has 3 rings (SSSR count). The van der Waals surface area contributed by atoms with Gasteiger partial charge in [0.1, 0.15) is 12.1 Å². The number of benzene rings is 2. The molecule has 0 aliphatic rings. The lowest BCUT2D eigenvalue weighted by molar-refractivity contribution is 0.491. The molecule has 1 heterocycles. The molecular formula is C18H20FN5. The van der Waals surface area contributed by atoms with Crippen molar-refractivity contribution in [3.05, 3.63) is 71.3 Å². The Labute approximate surface area is 140 Å². The van der Waals surface area contributed by atoms with Crippen molar-refractivity contribution in [2.45, 2.75) is 32.9 Å². The second-order valence-electron chi connectivity index (χ2n) is 5.96. The predicted molar refractivity (Wildman–Crippen MR) is 90.3 cm³/mol. The van der Waals surface area contributed by atoms with E-state index >= 15 is 0 Å². The predicted octanol–water partition coefficient (Wildman–Crippen LogP) is 3.52. The Kier molecular flexibility index (Phi) is 4.66. The lowest BCUT2D eigenvalue weighted by Crippen LogP contribution is -2.22. The molecule has 0 radical (unpaired) electrons. The minimum absolute atomic E-state index is 0.0503. The molecule has 0 saturated heterocycles. The van der Waals surface area contributed by atoms with E-state index in [1.807, 2.05) is 43.3 Å². The Morgan fingerprint density at radius 2 is 1.67 bits per heavy atom. The third-order valence-corrected chi connectivity index (χ3v) is 4.20. The molecule has 3 aromatic rings. The Balaban J connectivity index is 1.69. The van der Waals surface area contributed by atoms with E-state index in [9.17, 15) is 4.39 Å². The molecule has 2 atom stereocenters. The number of nitrogens with zero attached hydrogens (tertiary/aromatic N) is 4. The first-order valence-corrected chi connectivity index (χ1v) is 7.90. The van der Waals surface area contributed by atoms with Gasteiger partial charge in [-0.1, -0.05) is 24.3 Å². The maximum Gasteiger partial charge on any atom is 0.143 e. The largest absolute Gasteiger partial charge is 0.304 e. The lowest BCUT2D eigenvalue weighted by atomic mass is 10.0. The van der Waals surface area contributed by atoms with E-state index in [1.54, 1.807) is 24.0 Å². The van der Waals surface area contributed by atoms with Crippen molar-refractivity contribution in [2.75, 3.05) is 0 Å². The first-order valence-electron chi connectivity index (χ1n) is 7.90. The number of tetrazole rings is 1. The highest BCUT2D eigenvalue weighted by molar-refractivity contribution is 5.34. The molecule has 5 nitrogen and oxygen atoms in total. The van der Waals surface area contributed by atoms with E-state index in [4.69, 9.17) is 0 Å². The molecule has 0 unspecified atom stereocenters. The van der Waals surface area contributed by atoms with Gasteiger partial charge in [-0.25, -0.2) is 9.07 Å². The van der Waals surface area contributed by atoms with Gasteiger partial charge in [-0.05, 0) is 66.1 Å². The Morgan fingerprint density at radius 3 is 2.29 bits per heavy atom. The molecule has 0 fully saturated rings. The topological polar surface area (TPSA) is 55.6 Å². The van der Waals surface area contributed by atoms with Crippen molar-refractivity contribution in [3.8, 4) is 5.69 Å². The summed E-state index contributed by atoms with van der Waals surface area (Å²) in [6.45, 7) is 5.90. The monoisotopic (exact) mass is 325 g/mol. The average molecular weight is 325 g/mol. The zero-order valence-corrected chi connectivity index (χ0v) is 13.9. The number of aromatic nitrogens is 4. The zero-order valence-electron chi connectivity index (χ0n) is 13.9. The summed E-state index contributed by atoms with van der Waals surface area (Å²) in [7, 11) is 0. The van der Waals surface area contributed by atoms with Gasteiger partial charge in [0.25, 0.3) is 0 Å². The Morgan fingerprint density at radius 1 is 1.00 bits per heavy atom. The smallest absolute Gasteiger partial charge is 0.143 e. The second kappa shape index (κ2) is 6.88. The number of hydrogen-bond donors (Lipinski definition) is 1. The number of rotatable bonds is 5. The first kappa shape index (κ1) is 16.3. The third kappa shape index (κ3) is 3.49. The van der Waals surface area contributed by atoms with Crippen LogP contribution in [0.5, 0.6) is 0 Å². The van der Waals surface area contributed by atoms with E-state index in [-0.39, 0.29) is 17.9 Å². The molecule has 6 heteroatoms. The maximum absolute atomic E-state index is 13.7. The van der Waals surface area contributed by atoms with Gasteiger partial charge < -0.3 is 5.32 Å².